The minimum atomic E-state index is 0.238. The molecule has 0 spiro atoms. The Kier molecular flexibility index (Phi) is 5.07. The maximum atomic E-state index is 6.05. The zero-order valence-electron chi connectivity index (χ0n) is 10.6. The van der Waals surface area contributed by atoms with Crippen LogP contribution in [0.15, 0.2) is 6.20 Å². The zero-order valence-corrected chi connectivity index (χ0v) is 12.1. The van der Waals surface area contributed by atoms with Gasteiger partial charge in [0.05, 0.1) is 6.20 Å². The Balaban J connectivity index is 1.89. The molecule has 2 rings (SSSR count). The van der Waals surface area contributed by atoms with Crippen LogP contribution < -0.4 is 5.32 Å². The van der Waals surface area contributed by atoms with Gasteiger partial charge in [0, 0.05) is 6.04 Å². The molecule has 1 saturated carbocycles. The molecule has 1 aliphatic rings. The molecule has 1 fully saturated rings. The number of hydrogen-bond acceptors (Lipinski definition) is 3. The molecule has 0 aromatic carbocycles. The fourth-order valence-corrected chi connectivity index (χ4v) is 2.92. The Morgan fingerprint density at radius 2 is 2.00 bits per heavy atom. The molecule has 3 nitrogen and oxygen atoms in total. The second-order valence-corrected chi connectivity index (χ2v) is 5.73. The molecule has 18 heavy (non-hydrogen) atoms. The van der Waals surface area contributed by atoms with Crippen molar-refractivity contribution in [1.82, 2.24) is 9.97 Å². The molecule has 1 heterocycles. The molecule has 1 aromatic heterocycles. The van der Waals surface area contributed by atoms with Crippen LogP contribution in [0.5, 0.6) is 0 Å². The highest BCUT2D eigenvalue weighted by atomic mass is 35.5. The third-order valence-corrected chi connectivity index (χ3v) is 4.06. The van der Waals surface area contributed by atoms with E-state index in [1.807, 2.05) is 0 Å². The first-order valence-corrected chi connectivity index (χ1v) is 7.39. The molecule has 0 saturated heterocycles. The van der Waals surface area contributed by atoms with Gasteiger partial charge in [-0.2, -0.15) is 4.98 Å². The normalized spacial score (nSPS) is 23.9. The van der Waals surface area contributed by atoms with E-state index < -0.39 is 0 Å². The summed E-state index contributed by atoms with van der Waals surface area (Å²) in [5.74, 6) is 1.56. The van der Waals surface area contributed by atoms with Crippen molar-refractivity contribution in [2.45, 2.75) is 51.5 Å². The van der Waals surface area contributed by atoms with E-state index in [-0.39, 0.29) is 5.28 Å². The highest BCUT2D eigenvalue weighted by molar-refractivity contribution is 6.33. The number of hydrogen-bond donors (Lipinski definition) is 1. The molecule has 0 unspecified atom stereocenters. The van der Waals surface area contributed by atoms with Crippen molar-refractivity contribution >= 4 is 29.0 Å². The van der Waals surface area contributed by atoms with Gasteiger partial charge in [-0.1, -0.05) is 31.4 Å². The third kappa shape index (κ3) is 3.72. The van der Waals surface area contributed by atoms with Crippen molar-refractivity contribution in [2.75, 3.05) is 5.32 Å². The van der Waals surface area contributed by atoms with E-state index in [1.54, 1.807) is 6.20 Å². The van der Waals surface area contributed by atoms with Gasteiger partial charge in [0.2, 0.25) is 5.28 Å². The van der Waals surface area contributed by atoms with E-state index in [1.165, 1.54) is 38.5 Å². The monoisotopic (exact) mass is 287 g/mol. The van der Waals surface area contributed by atoms with E-state index in [0.29, 0.717) is 16.9 Å². The number of nitrogens with zero attached hydrogens (tertiary/aromatic N) is 2. The summed E-state index contributed by atoms with van der Waals surface area (Å²) in [6.45, 7) is 2.26. The lowest BCUT2D eigenvalue weighted by Gasteiger charge is -2.29. The maximum Gasteiger partial charge on any atom is 0.224 e. The van der Waals surface area contributed by atoms with E-state index >= 15 is 0 Å². The highest BCUT2D eigenvalue weighted by Crippen LogP contribution is 2.30. The van der Waals surface area contributed by atoms with Gasteiger partial charge in [0.1, 0.15) is 10.8 Å². The van der Waals surface area contributed by atoms with Gasteiger partial charge in [0.25, 0.3) is 0 Å². The lowest BCUT2D eigenvalue weighted by atomic mass is 9.83. The van der Waals surface area contributed by atoms with Crippen molar-refractivity contribution < 1.29 is 0 Å². The van der Waals surface area contributed by atoms with Gasteiger partial charge in [-0.3, -0.25) is 0 Å². The Bertz CT molecular complexity index is 390. The van der Waals surface area contributed by atoms with Gasteiger partial charge < -0.3 is 5.32 Å². The number of nitrogens with one attached hydrogen (secondary N) is 1. The van der Waals surface area contributed by atoms with Gasteiger partial charge in [-0.15, -0.1) is 0 Å². The summed E-state index contributed by atoms with van der Waals surface area (Å²) in [5.41, 5.74) is 0. The average molecular weight is 288 g/mol. The summed E-state index contributed by atoms with van der Waals surface area (Å²) in [4.78, 5) is 7.98. The van der Waals surface area contributed by atoms with Crippen molar-refractivity contribution in [3.8, 4) is 0 Å². The van der Waals surface area contributed by atoms with Crippen LogP contribution in [-0.4, -0.2) is 16.0 Å². The van der Waals surface area contributed by atoms with E-state index in [9.17, 15) is 0 Å². The Labute approximate surface area is 118 Å². The van der Waals surface area contributed by atoms with E-state index in [0.717, 1.165) is 5.92 Å². The van der Waals surface area contributed by atoms with Crippen LogP contribution in [0.25, 0.3) is 0 Å². The van der Waals surface area contributed by atoms with Crippen LogP contribution >= 0.6 is 23.2 Å². The van der Waals surface area contributed by atoms with Crippen molar-refractivity contribution in [1.29, 1.82) is 0 Å². The van der Waals surface area contributed by atoms with Crippen molar-refractivity contribution in [2.24, 2.45) is 5.92 Å². The summed E-state index contributed by atoms with van der Waals surface area (Å²) in [6, 6.07) is 0.460. The second-order valence-electron chi connectivity index (χ2n) is 4.99. The lowest BCUT2D eigenvalue weighted by Crippen LogP contribution is -2.26. The molecule has 0 radical (unpaired) electrons. The first-order valence-electron chi connectivity index (χ1n) is 6.63. The molecule has 1 aliphatic carbocycles. The quantitative estimate of drug-likeness (QED) is 0.826. The Morgan fingerprint density at radius 3 is 2.67 bits per heavy atom. The number of rotatable bonds is 4. The molecule has 5 heteroatoms. The topological polar surface area (TPSA) is 37.8 Å². The maximum absolute atomic E-state index is 6.05. The Hall–Kier alpha value is -0.540. The van der Waals surface area contributed by atoms with Gasteiger partial charge in [-0.05, 0) is 43.2 Å². The first-order chi connectivity index (χ1) is 8.69. The van der Waals surface area contributed by atoms with E-state index in [4.69, 9.17) is 23.2 Å². The minimum absolute atomic E-state index is 0.238. The van der Waals surface area contributed by atoms with Crippen LogP contribution in [0, 0.1) is 5.92 Å². The van der Waals surface area contributed by atoms with Gasteiger partial charge >= 0.3 is 0 Å². The fraction of sp³-hybridized carbons (Fsp3) is 0.692. The summed E-state index contributed by atoms with van der Waals surface area (Å²) in [5, 5.41) is 4.16. The molecule has 1 aromatic rings. The van der Waals surface area contributed by atoms with E-state index in [2.05, 4.69) is 22.2 Å². The first kappa shape index (κ1) is 13.9. The predicted octanol–water partition coefficient (Wildman–Crippen LogP) is 4.55. The largest absolute Gasteiger partial charge is 0.366 e. The van der Waals surface area contributed by atoms with Crippen molar-refractivity contribution in [3.63, 3.8) is 0 Å². The molecule has 0 aliphatic heterocycles. The molecule has 100 valence electrons. The standard InChI is InChI=1S/C13H19Cl2N3/c1-2-3-9-4-6-10(7-5-9)17-12-11(14)8-16-13(15)18-12/h8-10H,2-7H2,1H3,(H,16,17,18). The van der Waals surface area contributed by atoms with Gasteiger partial charge in [0.15, 0.2) is 0 Å². The average Bonchev–Trinajstić information content (AvgIpc) is 2.37. The number of anilines is 1. The van der Waals surface area contributed by atoms with Crippen LogP contribution in [0.1, 0.15) is 45.4 Å². The van der Waals surface area contributed by atoms with Crippen LogP contribution in [0.2, 0.25) is 10.3 Å². The summed E-state index contributed by atoms with van der Waals surface area (Å²) >= 11 is 11.8. The molecule has 1 N–H and O–H groups in total. The summed E-state index contributed by atoms with van der Waals surface area (Å²) in [6.07, 6.45) is 9.14. The SMILES string of the molecule is CCCC1CCC(Nc2nc(Cl)ncc2Cl)CC1. The predicted molar refractivity (Wildman–Crippen MR) is 76.3 cm³/mol. The van der Waals surface area contributed by atoms with Crippen molar-refractivity contribution in [3.05, 3.63) is 16.5 Å². The van der Waals surface area contributed by atoms with Crippen LogP contribution in [0.4, 0.5) is 5.82 Å². The van der Waals surface area contributed by atoms with Crippen LogP contribution in [0.3, 0.4) is 0 Å². The molecule has 0 amide bonds. The Morgan fingerprint density at radius 1 is 1.28 bits per heavy atom. The number of halogens is 2. The molecular formula is C13H19Cl2N3. The lowest BCUT2D eigenvalue weighted by molar-refractivity contribution is 0.318. The second kappa shape index (κ2) is 6.58. The summed E-state index contributed by atoms with van der Waals surface area (Å²) < 4.78 is 0. The molecular weight excluding hydrogens is 269 g/mol. The molecule has 0 atom stereocenters. The zero-order chi connectivity index (χ0) is 13.0. The summed E-state index contributed by atoms with van der Waals surface area (Å²) in [7, 11) is 0. The van der Waals surface area contributed by atoms with Crippen LogP contribution in [-0.2, 0) is 0 Å². The third-order valence-electron chi connectivity index (χ3n) is 3.60. The smallest absolute Gasteiger partial charge is 0.224 e. The van der Waals surface area contributed by atoms with Gasteiger partial charge in [-0.25, -0.2) is 4.98 Å². The highest BCUT2D eigenvalue weighted by Gasteiger charge is 2.21. The number of aromatic nitrogens is 2. The fourth-order valence-electron chi connectivity index (χ4n) is 2.64. The minimum Gasteiger partial charge on any atom is -0.366 e. The molecule has 0 bridgehead atoms.